The van der Waals surface area contributed by atoms with E-state index in [4.69, 9.17) is 5.26 Å². The highest BCUT2D eigenvalue weighted by molar-refractivity contribution is 9.10. The van der Waals surface area contributed by atoms with E-state index in [1.165, 1.54) is 0 Å². The molecule has 2 aromatic heterocycles. The van der Waals surface area contributed by atoms with Crippen LogP contribution in [0.1, 0.15) is 5.56 Å². The fraction of sp³-hybridized carbons (Fsp3) is 0. The lowest BCUT2D eigenvalue weighted by molar-refractivity contribution is 0.881. The number of pyridine rings is 1. The van der Waals surface area contributed by atoms with Crippen LogP contribution in [0, 0.1) is 11.3 Å². The van der Waals surface area contributed by atoms with Crippen LogP contribution in [-0.2, 0) is 0 Å². The topological polar surface area (TPSA) is 54.5 Å². The molecule has 0 aliphatic carbocycles. The smallest absolute Gasteiger partial charge is 0.111 e. The Labute approximate surface area is 124 Å². The van der Waals surface area contributed by atoms with Gasteiger partial charge in [0.25, 0.3) is 0 Å². The molecule has 0 unspecified atom stereocenters. The Hall–Kier alpha value is -2.45. The van der Waals surface area contributed by atoms with Crippen LogP contribution in [0.2, 0.25) is 0 Å². The second-order valence-corrected chi connectivity index (χ2v) is 5.09. The Morgan fingerprint density at radius 1 is 1.10 bits per heavy atom. The molecule has 96 valence electrons. The standard InChI is InChI=1S/C15H9BrN4/c16-12-7-11(10-17)8-13(9-12)20-6-4-15(19-20)14-3-1-2-5-18-14/h1-9H. The van der Waals surface area contributed by atoms with E-state index in [0.29, 0.717) is 5.56 Å². The van der Waals surface area contributed by atoms with Gasteiger partial charge in [-0.1, -0.05) is 22.0 Å². The Balaban J connectivity index is 2.03. The molecule has 3 rings (SSSR count). The molecule has 1 aromatic carbocycles. The van der Waals surface area contributed by atoms with Crippen LogP contribution < -0.4 is 0 Å². The third-order valence-electron chi connectivity index (χ3n) is 2.79. The van der Waals surface area contributed by atoms with Gasteiger partial charge < -0.3 is 0 Å². The number of hydrogen-bond acceptors (Lipinski definition) is 3. The lowest BCUT2D eigenvalue weighted by Gasteiger charge is -2.03. The van der Waals surface area contributed by atoms with Crippen LogP contribution in [0.3, 0.4) is 0 Å². The summed E-state index contributed by atoms with van der Waals surface area (Å²) in [5, 5.41) is 13.5. The third-order valence-corrected chi connectivity index (χ3v) is 3.25. The molecule has 0 spiro atoms. The molecule has 0 aliphatic rings. The first-order chi connectivity index (χ1) is 9.76. The van der Waals surface area contributed by atoms with Gasteiger partial charge in [-0.15, -0.1) is 0 Å². The SMILES string of the molecule is N#Cc1cc(Br)cc(-n2ccc(-c3ccccn3)n2)c1. The third kappa shape index (κ3) is 2.46. The molecule has 4 nitrogen and oxygen atoms in total. The van der Waals surface area contributed by atoms with E-state index in [2.05, 4.69) is 32.1 Å². The van der Waals surface area contributed by atoms with E-state index in [0.717, 1.165) is 21.5 Å². The molecular formula is C15H9BrN4. The maximum Gasteiger partial charge on any atom is 0.111 e. The monoisotopic (exact) mass is 324 g/mol. The molecule has 0 bridgehead atoms. The van der Waals surface area contributed by atoms with Gasteiger partial charge in [-0.25, -0.2) is 4.68 Å². The minimum atomic E-state index is 0.587. The van der Waals surface area contributed by atoms with Gasteiger partial charge in [-0.3, -0.25) is 4.98 Å². The van der Waals surface area contributed by atoms with Crippen molar-refractivity contribution in [3.05, 3.63) is 64.9 Å². The van der Waals surface area contributed by atoms with Gasteiger partial charge in [-0.05, 0) is 36.4 Å². The summed E-state index contributed by atoms with van der Waals surface area (Å²) < 4.78 is 2.58. The molecule has 20 heavy (non-hydrogen) atoms. The number of hydrogen-bond donors (Lipinski definition) is 0. The Bertz CT molecular complexity index is 787. The van der Waals surface area contributed by atoms with E-state index < -0.39 is 0 Å². The van der Waals surface area contributed by atoms with Crippen molar-refractivity contribution in [1.29, 1.82) is 5.26 Å². The molecular weight excluding hydrogens is 316 g/mol. The number of nitriles is 1. The number of nitrogens with zero attached hydrogens (tertiary/aromatic N) is 4. The number of halogens is 1. The van der Waals surface area contributed by atoms with Crippen molar-refractivity contribution in [2.45, 2.75) is 0 Å². The van der Waals surface area contributed by atoms with Crippen molar-refractivity contribution in [1.82, 2.24) is 14.8 Å². The summed E-state index contributed by atoms with van der Waals surface area (Å²) in [7, 11) is 0. The molecule has 0 amide bonds. The minimum absolute atomic E-state index is 0.587. The van der Waals surface area contributed by atoms with Gasteiger partial charge in [0.15, 0.2) is 0 Å². The zero-order valence-electron chi connectivity index (χ0n) is 10.4. The number of rotatable bonds is 2. The van der Waals surface area contributed by atoms with E-state index in [1.54, 1.807) is 23.0 Å². The van der Waals surface area contributed by atoms with Crippen LogP contribution in [0.25, 0.3) is 17.1 Å². The summed E-state index contributed by atoms with van der Waals surface area (Å²) in [6, 6.07) is 15.2. The molecule has 0 atom stereocenters. The largest absolute Gasteiger partial charge is 0.255 e. The lowest BCUT2D eigenvalue weighted by atomic mass is 10.2. The number of benzene rings is 1. The average Bonchev–Trinajstić information content (AvgIpc) is 2.97. The quantitative estimate of drug-likeness (QED) is 0.724. The zero-order chi connectivity index (χ0) is 13.9. The molecule has 0 fully saturated rings. The second kappa shape index (κ2) is 5.27. The molecule has 0 aliphatic heterocycles. The number of aromatic nitrogens is 3. The summed E-state index contributed by atoms with van der Waals surface area (Å²) in [5.74, 6) is 0. The summed E-state index contributed by atoms with van der Waals surface area (Å²) in [6.07, 6.45) is 3.59. The molecule has 2 heterocycles. The minimum Gasteiger partial charge on any atom is -0.255 e. The fourth-order valence-electron chi connectivity index (χ4n) is 1.89. The van der Waals surface area contributed by atoms with E-state index in [1.807, 2.05) is 36.5 Å². The average molecular weight is 325 g/mol. The Kier molecular flexibility index (Phi) is 3.32. The van der Waals surface area contributed by atoms with Crippen molar-refractivity contribution >= 4 is 15.9 Å². The first-order valence-electron chi connectivity index (χ1n) is 5.94. The van der Waals surface area contributed by atoms with Gasteiger partial charge in [0.05, 0.1) is 23.0 Å². The Morgan fingerprint density at radius 3 is 2.75 bits per heavy atom. The first kappa shape index (κ1) is 12.6. The maximum absolute atomic E-state index is 9.01. The van der Waals surface area contributed by atoms with Gasteiger partial charge in [0.1, 0.15) is 5.69 Å². The molecule has 0 saturated heterocycles. The van der Waals surface area contributed by atoms with Crippen LogP contribution in [0.15, 0.2) is 59.3 Å². The van der Waals surface area contributed by atoms with E-state index in [-0.39, 0.29) is 0 Å². The van der Waals surface area contributed by atoms with Gasteiger partial charge in [0.2, 0.25) is 0 Å². The summed E-state index contributed by atoms with van der Waals surface area (Å²) in [6.45, 7) is 0. The molecule has 0 N–H and O–H groups in total. The molecule has 0 saturated carbocycles. The highest BCUT2D eigenvalue weighted by Gasteiger charge is 2.06. The predicted octanol–water partition coefficient (Wildman–Crippen LogP) is 3.57. The highest BCUT2D eigenvalue weighted by Crippen LogP contribution is 2.20. The van der Waals surface area contributed by atoms with Crippen LogP contribution in [-0.4, -0.2) is 14.8 Å². The molecule has 5 heteroatoms. The second-order valence-electron chi connectivity index (χ2n) is 4.17. The van der Waals surface area contributed by atoms with Crippen LogP contribution >= 0.6 is 15.9 Å². The van der Waals surface area contributed by atoms with Crippen molar-refractivity contribution in [2.75, 3.05) is 0 Å². The van der Waals surface area contributed by atoms with Crippen molar-refractivity contribution in [3.63, 3.8) is 0 Å². The van der Waals surface area contributed by atoms with E-state index >= 15 is 0 Å². The highest BCUT2D eigenvalue weighted by atomic mass is 79.9. The van der Waals surface area contributed by atoms with Gasteiger partial charge in [0, 0.05) is 16.9 Å². The van der Waals surface area contributed by atoms with Gasteiger partial charge >= 0.3 is 0 Å². The summed E-state index contributed by atoms with van der Waals surface area (Å²) >= 11 is 3.40. The van der Waals surface area contributed by atoms with E-state index in [9.17, 15) is 0 Å². The van der Waals surface area contributed by atoms with Crippen molar-refractivity contribution in [3.8, 4) is 23.1 Å². The lowest BCUT2D eigenvalue weighted by Crippen LogP contribution is -1.96. The van der Waals surface area contributed by atoms with Gasteiger partial charge in [-0.2, -0.15) is 10.4 Å². The predicted molar refractivity (Wildman–Crippen MR) is 79.2 cm³/mol. The molecule has 0 radical (unpaired) electrons. The van der Waals surface area contributed by atoms with Crippen molar-refractivity contribution < 1.29 is 0 Å². The Morgan fingerprint density at radius 2 is 2.00 bits per heavy atom. The summed E-state index contributed by atoms with van der Waals surface area (Å²) in [4.78, 5) is 4.27. The first-order valence-corrected chi connectivity index (χ1v) is 6.74. The maximum atomic E-state index is 9.01. The molecule has 3 aromatic rings. The zero-order valence-corrected chi connectivity index (χ0v) is 11.9. The fourth-order valence-corrected chi connectivity index (χ4v) is 2.37. The summed E-state index contributed by atoms with van der Waals surface area (Å²) in [5.41, 5.74) is 3.04. The van der Waals surface area contributed by atoms with Crippen LogP contribution in [0.4, 0.5) is 0 Å². The van der Waals surface area contributed by atoms with Crippen molar-refractivity contribution in [2.24, 2.45) is 0 Å². The van der Waals surface area contributed by atoms with Crippen LogP contribution in [0.5, 0.6) is 0 Å². The normalized spacial score (nSPS) is 10.2.